The number of nitrogens with one attached hydrogen (secondary N) is 1. The summed E-state index contributed by atoms with van der Waals surface area (Å²) in [6.07, 6.45) is -0.767. The van der Waals surface area contributed by atoms with E-state index in [1.807, 2.05) is 0 Å². The number of furan rings is 1. The SMILES string of the molecule is CC1=C(C(=O)OC(C)C)C(c2ccc(-c3ccccc3[N+](=O)[O-])o2)C(C(=O)OC(C)C)=C(C)N1. The molecule has 0 saturated carbocycles. The summed E-state index contributed by atoms with van der Waals surface area (Å²) in [5.74, 6) is -1.62. The van der Waals surface area contributed by atoms with Crippen LogP contribution in [-0.4, -0.2) is 29.1 Å². The number of nitro groups is 1. The van der Waals surface area contributed by atoms with Gasteiger partial charge in [0.1, 0.15) is 11.5 Å². The Hall–Kier alpha value is -3.88. The van der Waals surface area contributed by atoms with Crippen molar-refractivity contribution in [1.29, 1.82) is 0 Å². The topological polar surface area (TPSA) is 121 Å². The highest BCUT2D eigenvalue weighted by molar-refractivity contribution is 5.99. The number of carbonyl (C=O) groups is 2. The van der Waals surface area contributed by atoms with Gasteiger partial charge >= 0.3 is 11.9 Å². The number of rotatable bonds is 7. The molecule has 1 aromatic carbocycles. The normalized spacial score (nSPS) is 14.5. The van der Waals surface area contributed by atoms with E-state index < -0.39 is 22.8 Å². The molecule has 0 saturated heterocycles. The fourth-order valence-electron chi connectivity index (χ4n) is 3.87. The number of dihydropyridines is 1. The number of nitro benzene ring substituents is 1. The average Bonchev–Trinajstić information content (AvgIpc) is 3.21. The van der Waals surface area contributed by atoms with Crippen LogP contribution in [0.2, 0.25) is 0 Å². The number of ether oxygens (including phenoxy) is 2. The van der Waals surface area contributed by atoms with Crippen LogP contribution in [0.3, 0.4) is 0 Å². The molecule has 1 N–H and O–H groups in total. The van der Waals surface area contributed by atoms with E-state index in [4.69, 9.17) is 13.9 Å². The molecule has 1 aliphatic heterocycles. The summed E-state index contributed by atoms with van der Waals surface area (Å²) >= 11 is 0. The van der Waals surface area contributed by atoms with Crippen LogP contribution in [0.25, 0.3) is 11.3 Å². The molecule has 0 amide bonds. The largest absolute Gasteiger partial charge is 0.460 e. The molecule has 180 valence electrons. The molecule has 1 aromatic heterocycles. The summed E-state index contributed by atoms with van der Waals surface area (Å²) in [6, 6.07) is 9.38. The number of nitrogens with zero attached hydrogens (tertiary/aromatic N) is 1. The van der Waals surface area contributed by atoms with Gasteiger partial charge in [0.15, 0.2) is 0 Å². The van der Waals surface area contributed by atoms with Gasteiger partial charge < -0.3 is 19.2 Å². The lowest BCUT2D eigenvalue weighted by Gasteiger charge is -2.29. The van der Waals surface area contributed by atoms with E-state index >= 15 is 0 Å². The Morgan fingerprint density at radius 3 is 1.97 bits per heavy atom. The maximum absolute atomic E-state index is 13.1. The van der Waals surface area contributed by atoms with Gasteiger partial charge in [-0.3, -0.25) is 10.1 Å². The number of para-hydroxylation sites is 1. The van der Waals surface area contributed by atoms with Crippen LogP contribution in [0.5, 0.6) is 0 Å². The Balaban J connectivity index is 2.17. The van der Waals surface area contributed by atoms with Crippen LogP contribution in [0.1, 0.15) is 53.2 Å². The highest BCUT2D eigenvalue weighted by Gasteiger charge is 2.40. The Kier molecular flexibility index (Phi) is 7.24. The van der Waals surface area contributed by atoms with Crippen molar-refractivity contribution in [2.24, 2.45) is 0 Å². The minimum absolute atomic E-state index is 0.119. The van der Waals surface area contributed by atoms with Crippen molar-refractivity contribution in [3.05, 3.63) is 74.8 Å². The predicted molar refractivity (Wildman–Crippen MR) is 125 cm³/mol. The molecule has 1 aliphatic rings. The van der Waals surface area contributed by atoms with Gasteiger partial charge in [0.25, 0.3) is 5.69 Å². The monoisotopic (exact) mass is 468 g/mol. The zero-order chi connectivity index (χ0) is 25.2. The molecule has 2 aromatic rings. The van der Waals surface area contributed by atoms with Gasteiger partial charge in [0.05, 0.1) is 39.8 Å². The lowest BCUT2D eigenvalue weighted by molar-refractivity contribution is -0.384. The molecule has 9 heteroatoms. The van der Waals surface area contributed by atoms with E-state index in [0.717, 1.165) is 0 Å². The standard InChI is InChI=1S/C25H28N2O7/c1-13(2)32-24(28)21-15(5)26-16(6)22(25(29)33-14(3)4)23(21)20-12-11-19(34-20)17-9-7-8-10-18(17)27(30)31/h7-14,23,26H,1-6H3. The Labute approximate surface area is 197 Å². The van der Waals surface area contributed by atoms with Crippen LogP contribution >= 0.6 is 0 Å². The van der Waals surface area contributed by atoms with Crippen LogP contribution < -0.4 is 5.32 Å². The third-order valence-corrected chi connectivity index (χ3v) is 5.16. The van der Waals surface area contributed by atoms with Gasteiger partial charge in [-0.25, -0.2) is 9.59 Å². The van der Waals surface area contributed by atoms with Gasteiger partial charge in [-0.2, -0.15) is 0 Å². The number of benzene rings is 1. The summed E-state index contributed by atoms with van der Waals surface area (Å²) in [5, 5.41) is 14.6. The second kappa shape index (κ2) is 9.94. The number of hydrogen-bond donors (Lipinski definition) is 1. The maximum atomic E-state index is 13.1. The van der Waals surface area contributed by atoms with Crippen LogP contribution in [0.15, 0.2) is 63.4 Å². The van der Waals surface area contributed by atoms with Crippen LogP contribution in [0, 0.1) is 10.1 Å². The van der Waals surface area contributed by atoms with E-state index in [2.05, 4.69) is 5.32 Å². The van der Waals surface area contributed by atoms with Crippen molar-refractivity contribution in [3.63, 3.8) is 0 Å². The first kappa shape index (κ1) is 24.8. The Morgan fingerprint density at radius 1 is 0.941 bits per heavy atom. The van der Waals surface area contributed by atoms with E-state index in [1.165, 1.54) is 6.07 Å². The number of carbonyl (C=O) groups excluding carboxylic acids is 2. The van der Waals surface area contributed by atoms with Crippen molar-refractivity contribution in [2.75, 3.05) is 0 Å². The second-order valence-electron chi connectivity index (χ2n) is 8.52. The smallest absolute Gasteiger partial charge is 0.337 e. The van der Waals surface area contributed by atoms with Crippen molar-refractivity contribution < 1.29 is 28.4 Å². The molecule has 34 heavy (non-hydrogen) atoms. The van der Waals surface area contributed by atoms with Gasteiger partial charge in [-0.1, -0.05) is 12.1 Å². The summed E-state index contributed by atoms with van der Waals surface area (Å²) < 4.78 is 17.0. The molecular formula is C25H28N2O7. The molecule has 0 spiro atoms. The van der Waals surface area contributed by atoms with Crippen LogP contribution in [0.4, 0.5) is 5.69 Å². The first-order valence-electron chi connectivity index (χ1n) is 10.9. The molecule has 0 atom stereocenters. The van der Waals surface area contributed by atoms with Gasteiger partial charge in [0.2, 0.25) is 0 Å². The highest BCUT2D eigenvalue weighted by Crippen LogP contribution is 2.42. The second-order valence-corrected chi connectivity index (χ2v) is 8.52. The van der Waals surface area contributed by atoms with Crippen LogP contribution in [-0.2, 0) is 19.1 Å². The highest BCUT2D eigenvalue weighted by atomic mass is 16.6. The number of hydrogen-bond acceptors (Lipinski definition) is 8. The molecule has 3 rings (SSSR count). The van der Waals surface area contributed by atoms with E-state index in [1.54, 1.807) is 71.9 Å². The molecule has 0 radical (unpaired) electrons. The zero-order valence-electron chi connectivity index (χ0n) is 20.0. The zero-order valence-corrected chi connectivity index (χ0v) is 20.0. The van der Waals surface area contributed by atoms with Crippen molar-refractivity contribution in [2.45, 2.75) is 59.7 Å². The fourth-order valence-corrected chi connectivity index (χ4v) is 3.87. The molecule has 9 nitrogen and oxygen atoms in total. The first-order valence-corrected chi connectivity index (χ1v) is 10.9. The number of esters is 2. The van der Waals surface area contributed by atoms with E-state index in [9.17, 15) is 19.7 Å². The summed E-state index contributed by atoms with van der Waals surface area (Å²) in [6.45, 7) is 10.3. The third kappa shape index (κ3) is 5.03. The number of allylic oxidation sites excluding steroid dienone is 2. The minimum Gasteiger partial charge on any atom is -0.460 e. The summed E-state index contributed by atoms with van der Waals surface area (Å²) in [5.41, 5.74) is 1.60. The molecule has 0 unspecified atom stereocenters. The third-order valence-electron chi connectivity index (χ3n) is 5.16. The molecule has 0 aliphatic carbocycles. The summed E-state index contributed by atoms with van der Waals surface area (Å²) in [7, 11) is 0. The molecule has 0 bridgehead atoms. The average molecular weight is 469 g/mol. The van der Waals surface area contributed by atoms with E-state index in [-0.39, 0.29) is 46.1 Å². The van der Waals surface area contributed by atoms with Gasteiger partial charge in [-0.15, -0.1) is 0 Å². The quantitative estimate of drug-likeness (QED) is 0.343. The molecule has 2 heterocycles. The summed E-state index contributed by atoms with van der Waals surface area (Å²) in [4.78, 5) is 37.2. The van der Waals surface area contributed by atoms with E-state index in [0.29, 0.717) is 11.4 Å². The molecular weight excluding hydrogens is 440 g/mol. The predicted octanol–water partition coefficient (Wildman–Crippen LogP) is 4.99. The fraction of sp³-hybridized carbons (Fsp3) is 0.360. The first-order chi connectivity index (χ1) is 16.0. The van der Waals surface area contributed by atoms with Crippen molar-refractivity contribution >= 4 is 17.6 Å². The van der Waals surface area contributed by atoms with Crippen molar-refractivity contribution in [3.8, 4) is 11.3 Å². The lowest BCUT2D eigenvalue weighted by atomic mass is 9.83. The van der Waals surface area contributed by atoms with Gasteiger partial charge in [0, 0.05) is 17.5 Å². The van der Waals surface area contributed by atoms with Gasteiger partial charge in [-0.05, 0) is 59.7 Å². The Bertz CT molecular complexity index is 1140. The minimum atomic E-state index is -0.921. The Morgan fingerprint density at radius 2 is 1.47 bits per heavy atom. The van der Waals surface area contributed by atoms with Crippen molar-refractivity contribution in [1.82, 2.24) is 5.32 Å². The maximum Gasteiger partial charge on any atom is 0.337 e. The lowest BCUT2D eigenvalue weighted by Crippen LogP contribution is -2.33. The molecule has 0 fully saturated rings.